The molecule has 2 unspecified atom stereocenters. The Morgan fingerprint density at radius 3 is 1.26 bits per heavy atom. The Bertz CT molecular complexity index is 3600. The van der Waals surface area contributed by atoms with E-state index in [4.69, 9.17) is 9.94 Å². The highest BCUT2D eigenvalue weighted by atomic mass is 32.1. The number of rotatable bonds is 12. The number of esters is 5. The standard InChI is InChI=1S/C13H18O2.C11H12O3.C10H11NO3.C9H10O2.2C8H9NO2.C7H9N.C7H8O2S.CH4/c1-9-5-7-12(8-6-9)13(10(2)14)11(3)15-4;1-7-4-9(8(2)12)6-10(5-7)11(13)14-3;1-6-4-8(7(2)12)11-9(5-6)10(13)14-3;1-7-3-5-8(6-4-7)9(10)11-2;1-6-3-4-9-7(5-6)8(10)11-2;1-6-2-4-7(5-3-6)8(10)9-11;1-6-3-4-8-7(2)5-6;1-5-3-4-6(10-5)7(8)9-2;/h5-8,11,13H,1-4H3;4-6H,1-3H3;4-5H,1-3H3;3-6H,1-2H3;3-5H,1-2H3;2-5,11H,1H3,(H,9,10);3-5H,1-2H3;3-4H,1-2H3;1H4. The number of nitrogens with one attached hydrogen (secondary N) is 1. The van der Waals surface area contributed by atoms with Crippen LogP contribution in [-0.2, 0) is 33.2 Å². The summed E-state index contributed by atoms with van der Waals surface area (Å²) in [6.07, 6.45) is 3.33. The summed E-state index contributed by atoms with van der Waals surface area (Å²) in [5.74, 6) is -2.60. The number of hydrogen-bond acceptors (Lipinski definition) is 20. The van der Waals surface area contributed by atoms with Gasteiger partial charge in [-0.2, -0.15) is 0 Å². The van der Waals surface area contributed by atoms with Crippen LogP contribution in [0, 0.1) is 62.3 Å². The predicted molar refractivity (Wildman–Crippen MR) is 368 cm³/mol. The number of hydroxylamine groups is 1. The molecule has 4 aromatic carbocycles. The van der Waals surface area contributed by atoms with Crippen molar-refractivity contribution in [2.45, 2.75) is 109 Å². The number of nitrogens with zero attached hydrogens (tertiary/aromatic N) is 3. The van der Waals surface area contributed by atoms with Crippen molar-refractivity contribution >= 4 is 64.4 Å². The lowest BCUT2D eigenvalue weighted by molar-refractivity contribution is -0.121. The zero-order chi connectivity index (χ0) is 71.2. The molecule has 20 nitrogen and oxygen atoms in total. The highest BCUT2D eigenvalue weighted by Gasteiger charge is 2.23. The molecule has 0 aliphatic heterocycles. The van der Waals surface area contributed by atoms with Gasteiger partial charge in [0.1, 0.15) is 27.7 Å². The van der Waals surface area contributed by atoms with E-state index < -0.39 is 23.8 Å². The number of hydrogen-bond donors (Lipinski definition) is 2. The molecule has 1 amide bonds. The van der Waals surface area contributed by atoms with E-state index in [9.17, 15) is 43.2 Å². The molecule has 21 heteroatoms. The van der Waals surface area contributed by atoms with Crippen molar-refractivity contribution in [2.24, 2.45) is 0 Å². The first-order valence-electron chi connectivity index (χ1n) is 29.0. The van der Waals surface area contributed by atoms with Gasteiger partial charge in [-0.1, -0.05) is 72.6 Å². The third-order valence-electron chi connectivity index (χ3n) is 12.7. The number of pyridine rings is 3. The summed E-state index contributed by atoms with van der Waals surface area (Å²) in [7, 11) is 8.33. The average Bonchev–Trinajstić information content (AvgIpc) is 1.84. The Labute approximate surface area is 562 Å². The van der Waals surface area contributed by atoms with Crippen LogP contribution < -0.4 is 5.48 Å². The summed E-state index contributed by atoms with van der Waals surface area (Å²) >= 11 is 1.45. The van der Waals surface area contributed by atoms with Gasteiger partial charge in [0.15, 0.2) is 11.6 Å². The van der Waals surface area contributed by atoms with Crippen LogP contribution in [-0.4, -0.2) is 122 Å². The van der Waals surface area contributed by atoms with Crippen molar-refractivity contribution in [3.8, 4) is 0 Å². The molecule has 0 bridgehead atoms. The quantitative estimate of drug-likeness (QED) is 0.0378. The molecule has 8 rings (SSSR count). The number of ketones is 3. The van der Waals surface area contributed by atoms with Crippen LogP contribution in [0.3, 0.4) is 0 Å². The summed E-state index contributed by atoms with van der Waals surface area (Å²) in [5, 5.41) is 8.26. The molecule has 2 N–H and O–H groups in total. The van der Waals surface area contributed by atoms with E-state index in [-0.39, 0.29) is 60.1 Å². The van der Waals surface area contributed by atoms with Crippen LogP contribution in [0.15, 0.2) is 152 Å². The molecule has 0 fully saturated rings. The third kappa shape index (κ3) is 32.8. The Kier molecular flexibility index (Phi) is 40.3. The highest BCUT2D eigenvalue weighted by molar-refractivity contribution is 7.13. The number of Topliss-reactive ketones (excluding diaryl/α,β-unsaturated/α-hetero) is 3. The number of aryl methyl sites for hydroxylation is 9. The number of methoxy groups -OCH3 is 6. The molecular formula is C74H90N4O16S. The molecule has 0 spiro atoms. The smallest absolute Gasteiger partial charge is 0.356 e. The SMILES string of the molecule is C.COC(=O)c1cc(C)cc(C(C)=O)c1.COC(=O)c1cc(C)cc(C(C)=O)n1.COC(=O)c1cc(C)ccn1.COC(=O)c1ccc(C)cc1.COC(=O)c1ccc(C)s1.COC(C)C(C(C)=O)c1ccc(C)cc1.Cc1ccc(C(=O)NO)cc1.Cc1ccnc(C)c1. The second-order valence-corrected chi connectivity index (χ2v) is 22.1. The molecule has 0 aliphatic rings. The Morgan fingerprint density at radius 1 is 0.421 bits per heavy atom. The summed E-state index contributed by atoms with van der Waals surface area (Å²) in [5.41, 5.74) is 13.9. The maximum Gasteiger partial charge on any atom is 0.356 e. The molecule has 2 atom stereocenters. The van der Waals surface area contributed by atoms with Crippen molar-refractivity contribution in [3.63, 3.8) is 0 Å². The normalized spacial score (nSPS) is 10.1. The van der Waals surface area contributed by atoms with E-state index in [2.05, 4.69) is 51.6 Å². The Hall–Kier alpha value is -10.2. The number of ether oxygens (including phenoxy) is 6. The van der Waals surface area contributed by atoms with Gasteiger partial charge in [0.25, 0.3) is 5.91 Å². The van der Waals surface area contributed by atoms with Crippen LogP contribution in [0.5, 0.6) is 0 Å². The zero-order valence-electron chi connectivity index (χ0n) is 56.9. The molecule has 0 saturated carbocycles. The van der Waals surface area contributed by atoms with Gasteiger partial charge < -0.3 is 28.4 Å². The van der Waals surface area contributed by atoms with E-state index in [1.165, 1.54) is 71.9 Å². The van der Waals surface area contributed by atoms with Crippen molar-refractivity contribution in [1.29, 1.82) is 0 Å². The van der Waals surface area contributed by atoms with Gasteiger partial charge in [-0.25, -0.2) is 39.4 Å². The van der Waals surface area contributed by atoms with Crippen LogP contribution in [0.4, 0.5) is 0 Å². The predicted octanol–water partition coefficient (Wildman–Crippen LogP) is 14.3. The van der Waals surface area contributed by atoms with Gasteiger partial charge in [0.2, 0.25) is 0 Å². The minimum Gasteiger partial charge on any atom is -0.465 e. The maximum atomic E-state index is 11.5. The zero-order valence-corrected chi connectivity index (χ0v) is 57.7. The second-order valence-electron chi connectivity index (χ2n) is 20.8. The highest BCUT2D eigenvalue weighted by Crippen LogP contribution is 2.23. The first-order valence-corrected chi connectivity index (χ1v) is 29.8. The Balaban J connectivity index is 0.00000107. The summed E-state index contributed by atoms with van der Waals surface area (Å²) in [6.45, 7) is 23.9. The van der Waals surface area contributed by atoms with Crippen molar-refractivity contribution in [3.05, 3.63) is 251 Å². The molecule has 0 aliphatic carbocycles. The van der Waals surface area contributed by atoms with Gasteiger partial charge in [0.05, 0.1) is 58.7 Å². The second kappa shape index (κ2) is 45.1. The summed E-state index contributed by atoms with van der Waals surface area (Å²) in [6, 6.07) is 41.7. The largest absolute Gasteiger partial charge is 0.465 e. The van der Waals surface area contributed by atoms with E-state index in [1.807, 2.05) is 128 Å². The lowest BCUT2D eigenvalue weighted by Gasteiger charge is -2.20. The van der Waals surface area contributed by atoms with Gasteiger partial charge in [0, 0.05) is 48.1 Å². The average molecular weight is 1320 g/mol. The summed E-state index contributed by atoms with van der Waals surface area (Å²) in [4.78, 5) is 113. The van der Waals surface area contributed by atoms with Crippen molar-refractivity contribution < 1.29 is 76.8 Å². The van der Waals surface area contributed by atoms with Gasteiger partial charge in [-0.15, -0.1) is 11.3 Å². The minimum atomic E-state index is -0.531. The molecule has 0 radical (unpaired) electrons. The number of carbonyl (C=O) groups is 9. The van der Waals surface area contributed by atoms with Crippen molar-refractivity contribution in [2.75, 3.05) is 42.7 Å². The van der Waals surface area contributed by atoms with Gasteiger partial charge in [-0.3, -0.25) is 29.4 Å². The number of amides is 1. The van der Waals surface area contributed by atoms with Crippen molar-refractivity contribution in [1.82, 2.24) is 20.4 Å². The first-order chi connectivity index (χ1) is 44.4. The fourth-order valence-corrected chi connectivity index (χ4v) is 8.47. The van der Waals surface area contributed by atoms with Crippen LogP contribution in [0.1, 0.15) is 179 Å². The topological polar surface area (TPSA) is 280 Å². The molecule has 4 aromatic heterocycles. The monoisotopic (exact) mass is 1320 g/mol. The summed E-state index contributed by atoms with van der Waals surface area (Å²) < 4.78 is 27.9. The number of thiophene rings is 1. The van der Waals surface area contributed by atoms with Crippen LogP contribution >= 0.6 is 11.3 Å². The van der Waals surface area contributed by atoms with E-state index in [0.717, 1.165) is 44.0 Å². The number of aromatic nitrogens is 3. The van der Waals surface area contributed by atoms with E-state index in [0.29, 0.717) is 32.8 Å². The maximum absolute atomic E-state index is 11.5. The minimum absolute atomic E-state index is 0. The Morgan fingerprint density at radius 2 is 0.853 bits per heavy atom. The lowest BCUT2D eigenvalue weighted by Crippen LogP contribution is -2.23. The fourth-order valence-electron chi connectivity index (χ4n) is 7.69. The van der Waals surface area contributed by atoms with Gasteiger partial charge in [-0.05, 0) is 202 Å². The molecule has 95 heavy (non-hydrogen) atoms. The first kappa shape index (κ1) is 84.8. The number of benzene rings is 4. The molecular weight excluding hydrogens is 1230 g/mol. The lowest BCUT2D eigenvalue weighted by atomic mass is 9.90. The molecule has 8 aromatic rings. The molecule has 0 saturated heterocycles. The molecule has 508 valence electrons. The van der Waals surface area contributed by atoms with Gasteiger partial charge >= 0.3 is 29.8 Å². The van der Waals surface area contributed by atoms with E-state index in [1.54, 1.807) is 99.4 Å². The van der Waals surface area contributed by atoms with Crippen LogP contribution in [0.25, 0.3) is 0 Å². The third-order valence-corrected chi connectivity index (χ3v) is 13.7. The van der Waals surface area contributed by atoms with E-state index >= 15 is 0 Å². The fraction of sp³-hybridized carbons (Fsp3) is 0.297. The number of carbonyl (C=O) groups excluding carboxylic acids is 9. The van der Waals surface area contributed by atoms with Crippen LogP contribution in [0.2, 0.25) is 0 Å². The molecule has 4 heterocycles.